The van der Waals surface area contributed by atoms with E-state index in [2.05, 4.69) is 10.6 Å². The Morgan fingerprint density at radius 2 is 1.81 bits per heavy atom. The molecular formula is C19H20N2O5. The lowest BCUT2D eigenvalue weighted by atomic mass is 10.2. The highest BCUT2D eigenvalue weighted by atomic mass is 16.6. The fourth-order valence-electron chi connectivity index (χ4n) is 2.42. The first kappa shape index (κ1) is 17.6. The second-order valence-electron chi connectivity index (χ2n) is 5.74. The fourth-order valence-corrected chi connectivity index (χ4v) is 2.42. The van der Waals surface area contributed by atoms with E-state index in [9.17, 15) is 9.59 Å². The zero-order valence-electron chi connectivity index (χ0n) is 14.4. The van der Waals surface area contributed by atoms with Crippen LogP contribution >= 0.6 is 0 Å². The van der Waals surface area contributed by atoms with Gasteiger partial charge in [0.2, 0.25) is 5.91 Å². The Bertz CT molecular complexity index is 806. The van der Waals surface area contributed by atoms with Crippen molar-refractivity contribution in [1.29, 1.82) is 0 Å². The van der Waals surface area contributed by atoms with Crippen LogP contribution in [0.1, 0.15) is 5.56 Å². The number of para-hydroxylation sites is 1. The number of fused-ring (bicyclic) bond motifs is 1. The van der Waals surface area contributed by atoms with Gasteiger partial charge in [0.05, 0.1) is 6.54 Å². The second kappa shape index (κ2) is 8.24. The lowest BCUT2D eigenvalue weighted by molar-refractivity contribution is -0.125. The number of hydrogen-bond acceptors (Lipinski definition) is 5. The molecule has 1 aliphatic heterocycles. The highest BCUT2D eigenvalue weighted by Crippen LogP contribution is 2.32. The summed E-state index contributed by atoms with van der Waals surface area (Å²) in [5, 5.41) is 5.22. The zero-order chi connectivity index (χ0) is 18.4. The van der Waals surface area contributed by atoms with Crippen molar-refractivity contribution in [2.45, 2.75) is 6.92 Å². The van der Waals surface area contributed by atoms with Crippen LogP contribution in [0.25, 0.3) is 0 Å². The van der Waals surface area contributed by atoms with E-state index in [1.807, 2.05) is 25.1 Å². The summed E-state index contributed by atoms with van der Waals surface area (Å²) in [5.41, 5.74) is 1.52. The van der Waals surface area contributed by atoms with E-state index in [1.165, 1.54) is 0 Å². The van der Waals surface area contributed by atoms with Crippen LogP contribution in [0, 0.1) is 6.92 Å². The SMILES string of the molecule is Cc1ccccc1OCC(=O)NCC(=O)Nc1ccc2c(c1)OCCO2. The Hall–Kier alpha value is -3.22. The summed E-state index contributed by atoms with van der Waals surface area (Å²) in [7, 11) is 0. The number of carbonyl (C=O) groups excluding carboxylic acids is 2. The highest BCUT2D eigenvalue weighted by Gasteiger charge is 2.13. The van der Waals surface area contributed by atoms with E-state index in [4.69, 9.17) is 14.2 Å². The van der Waals surface area contributed by atoms with Crippen LogP contribution in [0.4, 0.5) is 5.69 Å². The van der Waals surface area contributed by atoms with Crippen LogP contribution in [-0.2, 0) is 9.59 Å². The van der Waals surface area contributed by atoms with Gasteiger partial charge in [-0.15, -0.1) is 0 Å². The monoisotopic (exact) mass is 356 g/mol. The first-order valence-electron chi connectivity index (χ1n) is 8.26. The molecule has 26 heavy (non-hydrogen) atoms. The first-order chi connectivity index (χ1) is 12.6. The third-order valence-corrected chi connectivity index (χ3v) is 3.72. The standard InChI is InChI=1S/C19H20N2O5/c1-13-4-2-3-5-15(13)26-12-19(23)20-11-18(22)21-14-6-7-16-17(10-14)25-9-8-24-16/h2-7,10H,8-9,11-12H2,1H3,(H,20,23)(H,21,22). The number of anilines is 1. The number of carbonyl (C=O) groups is 2. The van der Waals surface area contributed by atoms with Gasteiger partial charge in [-0.1, -0.05) is 18.2 Å². The van der Waals surface area contributed by atoms with Crippen molar-refractivity contribution in [1.82, 2.24) is 5.32 Å². The van der Waals surface area contributed by atoms with Gasteiger partial charge in [-0.2, -0.15) is 0 Å². The Balaban J connectivity index is 1.43. The number of amides is 2. The molecule has 0 radical (unpaired) electrons. The summed E-state index contributed by atoms with van der Waals surface area (Å²) in [5.74, 6) is 1.17. The van der Waals surface area contributed by atoms with Crippen molar-refractivity contribution < 1.29 is 23.8 Å². The minimum absolute atomic E-state index is 0.148. The number of nitrogens with one attached hydrogen (secondary N) is 2. The Kier molecular flexibility index (Phi) is 5.58. The van der Waals surface area contributed by atoms with Gasteiger partial charge in [-0.05, 0) is 30.7 Å². The number of aryl methyl sites for hydroxylation is 1. The molecule has 0 spiro atoms. The van der Waals surface area contributed by atoms with Crippen LogP contribution in [0.5, 0.6) is 17.2 Å². The van der Waals surface area contributed by atoms with Crippen LogP contribution in [0.15, 0.2) is 42.5 Å². The molecule has 0 aromatic heterocycles. The molecule has 0 atom stereocenters. The summed E-state index contributed by atoms with van der Waals surface area (Å²) in [6, 6.07) is 12.6. The molecule has 0 unspecified atom stereocenters. The normalized spacial score (nSPS) is 12.2. The molecular weight excluding hydrogens is 336 g/mol. The summed E-state index contributed by atoms with van der Waals surface area (Å²) in [6.45, 7) is 2.58. The molecule has 7 heteroatoms. The minimum Gasteiger partial charge on any atom is -0.486 e. The molecule has 7 nitrogen and oxygen atoms in total. The van der Waals surface area contributed by atoms with Crippen LogP contribution in [0.3, 0.4) is 0 Å². The van der Waals surface area contributed by atoms with Crippen LogP contribution in [-0.4, -0.2) is 38.2 Å². The summed E-state index contributed by atoms with van der Waals surface area (Å²) in [4.78, 5) is 23.8. The predicted molar refractivity (Wildman–Crippen MR) is 95.7 cm³/mol. The largest absolute Gasteiger partial charge is 0.486 e. The maximum absolute atomic E-state index is 12.0. The smallest absolute Gasteiger partial charge is 0.258 e. The average Bonchev–Trinajstić information content (AvgIpc) is 2.65. The number of ether oxygens (including phenoxy) is 3. The lowest BCUT2D eigenvalue weighted by Crippen LogP contribution is -2.35. The average molecular weight is 356 g/mol. The zero-order valence-corrected chi connectivity index (χ0v) is 14.4. The van der Waals surface area contributed by atoms with Gasteiger partial charge in [-0.3, -0.25) is 9.59 Å². The number of hydrogen-bond donors (Lipinski definition) is 2. The fraction of sp³-hybridized carbons (Fsp3) is 0.263. The number of rotatable bonds is 6. The van der Waals surface area contributed by atoms with E-state index in [1.54, 1.807) is 24.3 Å². The first-order valence-corrected chi connectivity index (χ1v) is 8.26. The van der Waals surface area contributed by atoms with Gasteiger partial charge in [0.15, 0.2) is 18.1 Å². The molecule has 1 heterocycles. The van der Waals surface area contributed by atoms with Crippen molar-refractivity contribution in [2.75, 3.05) is 31.7 Å². The van der Waals surface area contributed by atoms with E-state index >= 15 is 0 Å². The molecule has 2 aromatic rings. The number of benzene rings is 2. The van der Waals surface area contributed by atoms with Crippen LogP contribution in [0.2, 0.25) is 0 Å². The van der Waals surface area contributed by atoms with E-state index in [0.29, 0.717) is 36.1 Å². The van der Waals surface area contributed by atoms with Gasteiger partial charge in [0.1, 0.15) is 19.0 Å². The Morgan fingerprint density at radius 1 is 1.04 bits per heavy atom. The van der Waals surface area contributed by atoms with Gasteiger partial charge in [0, 0.05) is 11.8 Å². The third kappa shape index (κ3) is 4.66. The molecule has 0 fully saturated rings. The molecule has 1 aliphatic rings. The minimum atomic E-state index is -0.370. The van der Waals surface area contributed by atoms with Crippen LogP contribution < -0.4 is 24.8 Å². The summed E-state index contributed by atoms with van der Waals surface area (Å²) in [6.07, 6.45) is 0. The van der Waals surface area contributed by atoms with E-state index in [-0.39, 0.29) is 25.0 Å². The highest BCUT2D eigenvalue weighted by molar-refractivity contribution is 5.95. The van der Waals surface area contributed by atoms with Crippen molar-refractivity contribution in [3.8, 4) is 17.2 Å². The molecule has 0 saturated carbocycles. The van der Waals surface area contributed by atoms with E-state index < -0.39 is 0 Å². The molecule has 136 valence electrons. The quantitative estimate of drug-likeness (QED) is 0.826. The maximum atomic E-state index is 12.0. The summed E-state index contributed by atoms with van der Waals surface area (Å²) >= 11 is 0. The molecule has 2 amide bonds. The van der Waals surface area contributed by atoms with Crippen molar-refractivity contribution in [3.05, 3.63) is 48.0 Å². The molecule has 0 saturated heterocycles. The lowest BCUT2D eigenvalue weighted by Gasteiger charge is -2.19. The second-order valence-corrected chi connectivity index (χ2v) is 5.74. The molecule has 2 N–H and O–H groups in total. The molecule has 0 bridgehead atoms. The maximum Gasteiger partial charge on any atom is 0.258 e. The predicted octanol–water partition coefficient (Wildman–Crippen LogP) is 1.90. The van der Waals surface area contributed by atoms with Gasteiger partial charge in [-0.25, -0.2) is 0 Å². The summed E-state index contributed by atoms with van der Waals surface area (Å²) < 4.78 is 16.3. The van der Waals surface area contributed by atoms with Gasteiger partial charge >= 0.3 is 0 Å². The topological polar surface area (TPSA) is 85.9 Å². The van der Waals surface area contributed by atoms with Crippen molar-refractivity contribution in [2.24, 2.45) is 0 Å². The van der Waals surface area contributed by atoms with Crippen molar-refractivity contribution in [3.63, 3.8) is 0 Å². The third-order valence-electron chi connectivity index (χ3n) is 3.72. The van der Waals surface area contributed by atoms with Gasteiger partial charge < -0.3 is 24.8 Å². The Morgan fingerprint density at radius 3 is 2.62 bits per heavy atom. The molecule has 3 rings (SSSR count). The van der Waals surface area contributed by atoms with Gasteiger partial charge in [0.25, 0.3) is 5.91 Å². The Labute approximate surface area is 151 Å². The molecule has 2 aromatic carbocycles. The van der Waals surface area contributed by atoms with E-state index in [0.717, 1.165) is 5.56 Å². The molecule has 0 aliphatic carbocycles. The van der Waals surface area contributed by atoms with Crippen molar-refractivity contribution >= 4 is 17.5 Å².